The summed E-state index contributed by atoms with van der Waals surface area (Å²) in [6.07, 6.45) is 11.5. The summed E-state index contributed by atoms with van der Waals surface area (Å²) in [6, 6.07) is 16.1. The Morgan fingerprint density at radius 2 is 1.95 bits per heavy atom. The molecule has 1 unspecified atom stereocenters. The minimum Gasteiger partial charge on any atom is -0.490 e. The van der Waals surface area contributed by atoms with E-state index in [1.54, 1.807) is 36.4 Å². The molecule has 0 radical (unpaired) electrons. The van der Waals surface area contributed by atoms with E-state index in [1.807, 2.05) is 42.5 Å². The SMILES string of the molecule is COC(=O)CCCC=CC[C@@H]1[C@@H](C=C[C@H](COc2cccc(Cl)c2)OC2CCCCO2)[C@H](OC(=O)c2ccccc2)C[C@@H]1O. The molecule has 238 valence electrons. The number of benzene rings is 2. The van der Waals surface area contributed by atoms with Crippen molar-refractivity contribution in [1.29, 1.82) is 0 Å². The fourth-order valence-electron chi connectivity index (χ4n) is 5.57. The van der Waals surface area contributed by atoms with Crippen molar-refractivity contribution in [1.82, 2.24) is 0 Å². The average molecular weight is 627 g/mol. The summed E-state index contributed by atoms with van der Waals surface area (Å²) in [6.45, 7) is 0.877. The Kier molecular flexibility index (Phi) is 13.8. The Morgan fingerprint density at radius 3 is 2.70 bits per heavy atom. The van der Waals surface area contributed by atoms with Crippen LogP contribution in [0.5, 0.6) is 5.75 Å². The first kappa shape index (κ1) is 33.7. The van der Waals surface area contributed by atoms with E-state index in [2.05, 4.69) is 0 Å². The normalized spacial score (nSPS) is 24.4. The molecule has 2 aliphatic rings. The van der Waals surface area contributed by atoms with Crippen molar-refractivity contribution in [2.75, 3.05) is 20.3 Å². The number of esters is 2. The minimum atomic E-state index is -0.665. The molecular formula is C35H43ClO8. The molecule has 0 bridgehead atoms. The number of ether oxygens (including phenoxy) is 5. The van der Waals surface area contributed by atoms with Gasteiger partial charge in [0.05, 0.1) is 18.8 Å². The highest BCUT2D eigenvalue weighted by atomic mass is 35.5. The van der Waals surface area contributed by atoms with Gasteiger partial charge in [0.25, 0.3) is 0 Å². The van der Waals surface area contributed by atoms with E-state index in [4.69, 9.17) is 35.3 Å². The molecule has 0 amide bonds. The number of aliphatic hydroxyl groups excluding tert-OH is 1. The number of unbranched alkanes of at least 4 members (excludes halogenated alkanes) is 1. The Bertz CT molecular complexity index is 1230. The number of hydrogen-bond acceptors (Lipinski definition) is 8. The third-order valence-electron chi connectivity index (χ3n) is 7.94. The van der Waals surface area contributed by atoms with Crippen LogP contribution in [-0.2, 0) is 23.7 Å². The summed E-state index contributed by atoms with van der Waals surface area (Å²) in [7, 11) is 1.38. The van der Waals surface area contributed by atoms with Gasteiger partial charge in [-0.05, 0) is 74.8 Å². The summed E-state index contributed by atoms with van der Waals surface area (Å²) in [5.41, 5.74) is 0.462. The van der Waals surface area contributed by atoms with Crippen molar-refractivity contribution in [3.05, 3.63) is 89.5 Å². The van der Waals surface area contributed by atoms with E-state index in [1.165, 1.54) is 7.11 Å². The lowest BCUT2D eigenvalue weighted by Crippen LogP contribution is -2.31. The van der Waals surface area contributed by atoms with Crippen molar-refractivity contribution in [3.63, 3.8) is 0 Å². The van der Waals surface area contributed by atoms with Gasteiger partial charge in [0, 0.05) is 30.4 Å². The maximum atomic E-state index is 13.0. The second-order valence-corrected chi connectivity index (χ2v) is 11.6. The lowest BCUT2D eigenvalue weighted by atomic mass is 9.89. The van der Waals surface area contributed by atoms with Crippen LogP contribution in [0.3, 0.4) is 0 Å². The van der Waals surface area contributed by atoms with Crippen LogP contribution >= 0.6 is 11.6 Å². The summed E-state index contributed by atoms with van der Waals surface area (Å²) in [5.74, 6) is -0.468. The van der Waals surface area contributed by atoms with Crippen molar-refractivity contribution in [2.45, 2.75) is 76.0 Å². The lowest BCUT2D eigenvalue weighted by Gasteiger charge is -2.27. The maximum Gasteiger partial charge on any atom is 0.338 e. The summed E-state index contributed by atoms with van der Waals surface area (Å²) in [4.78, 5) is 24.4. The first-order valence-electron chi connectivity index (χ1n) is 15.4. The predicted octanol–water partition coefficient (Wildman–Crippen LogP) is 6.70. The van der Waals surface area contributed by atoms with Gasteiger partial charge < -0.3 is 28.8 Å². The van der Waals surface area contributed by atoms with Crippen molar-refractivity contribution in [3.8, 4) is 5.75 Å². The van der Waals surface area contributed by atoms with E-state index >= 15 is 0 Å². The van der Waals surface area contributed by atoms with Crippen molar-refractivity contribution < 1.29 is 38.4 Å². The topological polar surface area (TPSA) is 101 Å². The Balaban J connectivity index is 1.49. The molecule has 2 aromatic carbocycles. The first-order chi connectivity index (χ1) is 21.4. The molecule has 2 fully saturated rings. The van der Waals surface area contributed by atoms with E-state index in [0.717, 1.165) is 25.7 Å². The zero-order valence-corrected chi connectivity index (χ0v) is 26.0. The molecule has 9 heteroatoms. The molecule has 44 heavy (non-hydrogen) atoms. The van der Waals surface area contributed by atoms with Gasteiger partial charge in [-0.15, -0.1) is 0 Å². The van der Waals surface area contributed by atoms with Crippen molar-refractivity contribution in [2.24, 2.45) is 11.8 Å². The fourth-order valence-corrected chi connectivity index (χ4v) is 5.75. The third-order valence-corrected chi connectivity index (χ3v) is 8.17. The zero-order valence-electron chi connectivity index (χ0n) is 25.2. The molecule has 6 atom stereocenters. The second kappa shape index (κ2) is 18.0. The number of methoxy groups -OCH3 is 1. The average Bonchev–Trinajstić information content (AvgIpc) is 3.33. The van der Waals surface area contributed by atoms with E-state index < -0.39 is 24.3 Å². The van der Waals surface area contributed by atoms with Gasteiger partial charge in [-0.3, -0.25) is 4.79 Å². The molecule has 1 N–H and O–H groups in total. The fraction of sp³-hybridized carbons (Fsp3) is 0.486. The zero-order chi connectivity index (χ0) is 31.1. The molecule has 8 nitrogen and oxygen atoms in total. The largest absolute Gasteiger partial charge is 0.490 e. The molecule has 0 aromatic heterocycles. The standard InChI is InChI=1S/C35H43ClO8/c1-40-33(38)17-8-3-2-7-16-29-30(32(23-31(29)37)44-35(39)25-12-5-4-6-13-25)20-19-28(43-34-18-9-10-21-41-34)24-42-27-15-11-14-26(36)22-27/h2,4-7,11-15,19-20,22,28-32,34,37H,3,8-10,16-18,21,23-24H2,1H3/t28-,29-,30-,31+,32-,34?/m1/s1. The van der Waals surface area contributed by atoms with Gasteiger partial charge in [-0.1, -0.05) is 60.2 Å². The minimum absolute atomic E-state index is 0.183. The molecule has 4 rings (SSSR count). The number of hydrogen-bond donors (Lipinski definition) is 1. The predicted molar refractivity (Wildman–Crippen MR) is 167 cm³/mol. The number of allylic oxidation sites excluding steroid dienone is 2. The van der Waals surface area contributed by atoms with Crippen LogP contribution in [0.4, 0.5) is 0 Å². The van der Waals surface area contributed by atoms with Crippen LogP contribution < -0.4 is 4.74 Å². The lowest BCUT2D eigenvalue weighted by molar-refractivity contribution is -0.182. The summed E-state index contributed by atoms with van der Waals surface area (Å²) in [5, 5.41) is 11.7. The number of aliphatic hydroxyl groups is 1. The molecule has 1 aliphatic heterocycles. The molecular weight excluding hydrogens is 584 g/mol. The van der Waals surface area contributed by atoms with E-state index in [-0.39, 0.29) is 30.7 Å². The molecule has 1 saturated heterocycles. The smallest absolute Gasteiger partial charge is 0.338 e. The quantitative estimate of drug-likeness (QED) is 0.132. The molecule has 1 saturated carbocycles. The van der Waals surface area contributed by atoms with Gasteiger partial charge in [-0.2, -0.15) is 0 Å². The maximum absolute atomic E-state index is 13.0. The van der Waals surface area contributed by atoms with E-state index in [0.29, 0.717) is 48.6 Å². The van der Waals surface area contributed by atoms with Crippen LogP contribution in [0, 0.1) is 11.8 Å². The van der Waals surface area contributed by atoms with Gasteiger partial charge in [0.1, 0.15) is 24.6 Å². The van der Waals surface area contributed by atoms with Crippen LogP contribution in [0.25, 0.3) is 0 Å². The summed E-state index contributed by atoms with van der Waals surface area (Å²) < 4.78 is 28.9. The van der Waals surface area contributed by atoms with Gasteiger partial charge in [-0.25, -0.2) is 4.79 Å². The highest BCUT2D eigenvalue weighted by Crippen LogP contribution is 2.39. The van der Waals surface area contributed by atoms with Gasteiger partial charge in [0.2, 0.25) is 0 Å². The van der Waals surface area contributed by atoms with Crippen LogP contribution in [0.2, 0.25) is 5.02 Å². The molecule has 1 aliphatic carbocycles. The van der Waals surface area contributed by atoms with Crippen molar-refractivity contribution >= 4 is 23.5 Å². The monoisotopic (exact) mass is 626 g/mol. The van der Waals surface area contributed by atoms with E-state index in [9.17, 15) is 14.7 Å². The highest BCUT2D eigenvalue weighted by molar-refractivity contribution is 6.30. The Morgan fingerprint density at radius 1 is 1.11 bits per heavy atom. The van der Waals surface area contributed by atoms with Gasteiger partial charge >= 0.3 is 11.9 Å². The first-order valence-corrected chi connectivity index (χ1v) is 15.8. The Labute approximate surface area is 264 Å². The van der Waals surface area contributed by atoms with Crippen LogP contribution in [-0.4, -0.2) is 62.0 Å². The number of carbonyl (C=O) groups is 2. The number of carbonyl (C=O) groups excluding carboxylic acids is 2. The second-order valence-electron chi connectivity index (χ2n) is 11.2. The van der Waals surface area contributed by atoms with Gasteiger partial charge in [0.15, 0.2) is 6.29 Å². The van der Waals surface area contributed by atoms with Crippen LogP contribution in [0.15, 0.2) is 78.9 Å². The molecule has 0 spiro atoms. The Hall–Kier alpha value is -3.17. The summed E-state index contributed by atoms with van der Waals surface area (Å²) >= 11 is 6.15. The molecule has 2 aromatic rings. The third kappa shape index (κ3) is 10.8. The number of rotatable bonds is 15. The van der Waals surface area contributed by atoms with Crippen LogP contribution in [0.1, 0.15) is 61.7 Å². The molecule has 1 heterocycles. The number of halogens is 1. The highest BCUT2D eigenvalue weighted by Gasteiger charge is 2.43.